The number of aryl methyl sites for hydroxylation is 1. The topological polar surface area (TPSA) is 162 Å². The Bertz CT molecular complexity index is 2920. The Kier molecular flexibility index (Phi) is 13.7. The number of ether oxygens (including phenoxy) is 1. The predicted octanol–water partition coefficient (Wildman–Crippen LogP) is 8.91. The number of hydrogen-bond acceptors (Lipinski definition) is 10. The van der Waals surface area contributed by atoms with Crippen molar-refractivity contribution in [3.05, 3.63) is 131 Å². The van der Waals surface area contributed by atoms with Gasteiger partial charge >= 0.3 is 5.97 Å². The average molecular weight is 943 g/mol. The van der Waals surface area contributed by atoms with Crippen LogP contribution in [0.3, 0.4) is 0 Å². The molecule has 1 atom stereocenters. The molecule has 3 aliphatic heterocycles. The lowest BCUT2D eigenvalue weighted by Gasteiger charge is -2.36. The Labute approximate surface area is 409 Å². The zero-order valence-corrected chi connectivity index (χ0v) is 40.2. The number of unbranched alkanes of at least 4 members (excludes halogenated alkanes) is 1. The van der Waals surface area contributed by atoms with Crippen LogP contribution in [-0.2, 0) is 29.6 Å². The minimum Gasteiger partial charge on any atom is -0.490 e. The van der Waals surface area contributed by atoms with E-state index >= 15 is 0 Å². The number of carbonyl (C=O) groups excluding carboxylic acids is 3. The summed E-state index contributed by atoms with van der Waals surface area (Å²) in [6, 6.07) is 31.3. The maximum absolute atomic E-state index is 13.4. The second-order valence-corrected chi connectivity index (χ2v) is 19.5. The normalized spacial score (nSPS) is 19.7. The van der Waals surface area contributed by atoms with E-state index in [4.69, 9.17) is 14.8 Å². The molecule has 3 fully saturated rings. The van der Waals surface area contributed by atoms with Crippen molar-refractivity contribution in [2.75, 3.05) is 54.4 Å². The van der Waals surface area contributed by atoms with Crippen LogP contribution >= 0.6 is 0 Å². The SMILES string of the molecule is Cc1c(OC2CCC(CCCCN3CCN(c4ccc5c(C6CCC(=O)NC6=O)nn(C)c5c4)CC3)CC2)cccc1-c1ccc(N2CCc3cccc(C(=O)Nc4ccccc4)c3C2)nc1C(=O)O. The number of piperazine rings is 1. The van der Waals surface area contributed by atoms with Crippen molar-refractivity contribution in [2.45, 2.75) is 89.7 Å². The van der Waals surface area contributed by atoms with E-state index in [0.29, 0.717) is 55.2 Å². The van der Waals surface area contributed by atoms with E-state index in [1.165, 1.54) is 24.9 Å². The second kappa shape index (κ2) is 20.5. The van der Waals surface area contributed by atoms with Gasteiger partial charge in [0, 0.05) is 80.6 Å². The Morgan fingerprint density at radius 3 is 2.40 bits per heavy atom. The Morgan fingerprint density at radius 2 is 1.61 bits per heavy atom. The van der Waals surface area contributed by atoms with Gasteiger partial charge in [-0.25, -0.2) is 9.78 Å². The van der Waals surface area contributed by atoms with Gasteiger partial charge in [0.05, 0.1) is 23.2 Å². The Morgan fingerprint density at radius 1 is 0.814 bits per heavy atom. The first-order valence-electron chi connectivity index (χ1n) is 25.1. The molecule has 3 amide bonds. The number of hydrogen-bond donors (Lipinski definition) is 3. The number of pyridine rings is 1. The number of aromatic nitrogens is 3. The number of anilines is 3. The summed E-state index contributed by atoms with van der Waals surface area (Å²) in [4.78, 5) is 62.4. The number of nitrogens with zero attached hydrogens (tertiary/aromatic N) is 6. The predicted molar refractivity (Wildman–Crippen MR) is 272 cm³/mol. The van der Waals surface area contributed by atoms with Crippen LogP contribution in [0.2, 0.25) is 0 Å². The lowest BCUT2D eigenvalue weighted by molar-refractivity contribution is -0.134. The van der Waals surface area contributed by atoms with Gasteiger partial charge in [0.1, 0.15) is 11.6 Å². The number of amides is 3. The maximum Gasteiger partial charge on any atom is 0.355 e. The first kappa shape index (κ1) is 46.7. The maximum atomic E-state index is 13.4. The Hall–Kier alpha value is -7.06. The first-order valence-corrected chi connectivity index (χ1v) is 25.1. The summed E-state index contributed by atoms with van der Waals surface area (Å²) < 4.78 is 8.53. The van der Waals surface area contributed by atoms with Crippen molar-refractivity contribution in [1.82, 2.24) is 25.0 Å². The number of carbonyl (C=O) groups is 4. The number of imide groups is 1. The van der Waals surface area contributed by atoms with Crippen molar-refractivity contribution in [3.8, 4) is 16.9 Å². The van der Waals surface area contributed by atoms with Crippen molar-refractivity contribution < 1.29 is 29.0 Å². The van der Waals surface area contributed by atoms with E-state index in [9.17, 15) is 24.3 Å². The fourth-order valence-electron chi connectivity index (χ4n) is 11.1. The van der Waals surface area contributed by atoms with E-state index in [1.807, 2.05) is 91.4 Å². The summed E-state index contributed by atoms with van der Waals surface area (Å²) in [6.07, 6.45) is 9.61. The van der Waals surface area contributed by atoms with Gasteiger partial charge in [0.15, 0.2) is 5.69 Å². The monoisotopic (exact) mass is 942 g/mol. The molecule has 14 heteroatoms. The van der Waals surface area contributed by atoms with Gasteiger partial charge in [-0.1, -0.05) is 55.3 Å². The molecule has 1 unspecified atom stereocenters. The molecule has 1 aliphatic carbocycles. The van der Waals surface area contributed by atoms with Crippen molar-refractivity contribution >= 4 is 51.8 Å². The number of para-hydroxylation sites is 1. The van der Waals surface area contributed by atoms with Gasteiger partial charge in [0.2, 0.25) is 11.8 Å². The van der Waals surface area contributed by atoms with Gasteiger partial charge < -0.3 is 25.0 Å². The molecule has 2 aromatic heterocycles. The third kappa shape index (κ3) is 10.0. The Balaban J connectivity index is 0.687. The van der Waals surface area contributed by atoms with Crippen LogP contribution in [0.1, 0.15) is 107 Å². The molecular formula is C56H62N8O6. The van der Waals surface area contributed by atoms with Gasteiger partial charge in [-0.15, -0.1) is 0 Å². The number of carboxylic acids is 1. The summed E-state index contributed by atoms with van der Waals surface area (Å²) >= 11 is 0. The number of nitrogens with one attached hydrogen (secondary N) is 2. The summed E-state index contributed by atoms with van der Waals surface area (Å²) in [5.74, 6) is -0.0942. The number of aromatic carboxylic acids is 1. The fourth-order valence-corrected chi connectivity index (χ4v) is 11.1. The van der Waals surface area contributed by atoms with Crippen LogP contribution in [0.25, 0.3) is 22.0 Å². The smallest absolute Gasteiger partial charge is 0.355 e. The van der Waals surface area contributed by atoms with E-state index in [2.05, 4.69) is 49.6 Å². The molecule has 70 heavy (non-hydrogen) atoms. The molecule has 0 spiro atoms. The molecule has 6 aromatic rings. The van der Waals surface area contributed by atoms with Crippen molar-refractivity contribution in [3.63, 3.8) is 0 Å². The van der Waals surface area contributed by atoms with Crippen LogP contribution in [0.5, 0.6) is 5.75 Å². The third-order valence-corrected chi connectivity index (χ3v) is 15.1. The largest absolute Gasteiger partial charge is 0.490 e. The lowest BCUT2D eigenvalue weighted by Crippen LogP contribution is -2.46. The summed E-state index contributed by atoms with van der Waals surface area (Å²) in [7, 11) is 1.92. The van der Waals surface area contributed by atoms with Crippen molar-refractivity contribution in [1.29, 1.82) is 0 Å². The molecular weight excluding hydrogens is 881 g/mol. The average Bonchev–Trinajstić information content (AvgIpc) is 3.70. The zero-order chi connectivity index (χ0) is 48.3. The van der Waals surface area contributed by atoms with E-state index in [-0.39, 0.29) is 29.5 Å². The lowest BCUT2D eigenvalue weighted by atomic mass is 9.84. The fraction of sp³-hybridized carbons (Fsp3) is 0.393. The molecule has 3 N–H and O–H groups in total. The van der Waals surface area contributed by atoms with Crippen LogP contribution in [0, 0.1) is 12.8 Å². The molecule has 5 heterocycles. The second-order valence-electron chi connectivity index (χ2n) is 19.5. The van der Waals surface area contributed by atoms with Crippen molar-refractivity contribution in [2.24, 2.45) is 13.0 Å². The highest BCUT2D eigenvalue weighted by atomic mass is 16.5. The standard InChI is InChI=1S/C56H62N8O6/c1-36-42(43-23-25-50(58-53(43)56(68)69)64-29-27-38-11-8-15-44(47(38)35-64)54(66)57-39-12-4-3-5-13-39)14-9-16-49(36)70-41-20-17-37(18-21-41)10-6-7-28-62-30-32-63(33-31-62)40-19-22-45-48(34-40)61(2)60-52(45)46-24-26-51(65)59-55(46)67/h3-5,8-9,11-16,19,22-23,25,34,37,41,46H,6-7,10,17-18,20-21,24,26-33,35H2,1-2H3,(H,57,66)(H,68,69)(H,59,65,67). The highest BCUT2D eigenvalue weighted by Crippen LogP contribution is 2.38. The number of rotatable bonds is 14. The van der Waals surface area contributed by atoms with Crippen LogP contribution in [-0.4, -0.2) is 93.8 Å². The molecule has 14 nitrogen and oxygen atoms in total. The van der Waals surface area contributed by atoms with Gasteiger partial charge in [-0.3, -0.25) is 29.3 Å². The molecule has 1 saturated carbocycles. The zero-order valence-electron chi connectivity index (χ0n) is 40.2. The summed E-state index contributed by atoms with van der Waals surface area (Å²) in [5, 5.41) is 21.7. The quantitative estimate of drug-likeness (QED) is 0.0707. The molecule has 0 bridgehead atoms. The van der Waals surface area contributed by atoms with Crippen LogP contribution in [0.4, 0.5) is 17.2 Å². The molecule has 4 aromatic carbocycles. The molecule has 4 aliphatic rings. The summed E-state index contributed by atoms with van der Waals surface area (Å²) in [6.45, 7) is 8.20. The molecule has 2 saturated heterocycles. The van der Waals surface area contributed by atoms with E-state index < -0.39 is 11.9 Å². The molecule has 362 valence electrons. The number of piperidine rings is 1. The van der Waals surface area contributed by atoms with Gasteiger partial charge in [0.25, 0.3) is 5.91 Å². The molecule has 0 radical (unpaired) electrons. The first-order chi connectivity index (χ1) is 34.1. The van der Waals surface area contributed by atoms with Crippen LogP contribution in [0.15, 0.2) is 97.1 Å². The highest BCUT2D eigenvalue weighted by Gasteiger charge is 2.32. The van der Waals surface area contributed by atoms with E-state index in [0.717, 1.165) is 109 Å². The van der Waals surface area contributed by atoms with E-state index in [1.54, 1.807) is 0 Å². The van der Waals surface area contributed by atoms with Gasteiger partial charge in [-0.05, 0) is 141 Å². The summed E-state index contributed by atoms with van der Waals surface area (Å²) in [5.41, 5.74) is 8.52. The number of carboxylic acid groups (broad SMARTS) is 1. The third-order valence-electron chi connectivity index (χ3n) is 15.1. The minimum atomic E-state index is -1.09. The molecule has 10 rings (SSSR count). The highest BCUT2D eigenvalue weighted by molar-refractivity contribution is 6.06. The minimum absolute atomic E-state index is 0.00926. The number of fused-ring (bicyclic) bond motifs is 2. The van der Waals surface area contributed by atoms with Crippen LogP contribution < -0.4 is 25.2 Å². The number of benzene rings is 4. The van der Waals surface area contributed by atoms with Gasteiger partial charge in [-0.2, -0.15) is 5.10 Å².